The minimum absolute atomic E-state index is 0.235. The van der Waals surface area contributed by atoms with Gasteiger partial charge in [-0.05, 0) is 12.1 Å². The average Bonchev–Trinajstić information content (AvgIpc) is 2.53. The molecule has 6 heteroatoms. The third-order valence-electron chi connectivity index (χ3n) is 1.69. The van der Waals surface area contributed by atoms with E-state index in [1.165, 1.54) is 11.3 Å². The van der Waals surface area contributed by atoms with Gasteiger partial charge in [0.1, 0.15) is 0 Å². The van der Waals surface area contributed by atoms with Gasteiger partial charge in [0.05, 0.1) is 16.9 Å². The van der Waals surface area contributed by atoms with Crippen molar-refractivity contribution in [2.24, 2.45) is 5.73 Å². The molecule has 0 amide bonds. The van der Waals surface area contributed by atoms with Crippen LogP contribution in [0.15, 0.2) is 12.1 Å². The van der Waals surface area contributed by atoms with E-state index in [-0.39, 0.29) is 19.1 Å². The predicted octanol–water partition coefficient (Wildman–Crippen LogP) is 2.26. The van der Waals surface area contributed by atoms with E-state index in [1.807, 2.05) is 0 Å². The molecule has 0 aliphatic carbocycles. The summed E-state index contributed by atoms with van der Waals surface area (Å²) < 4.78 is 24.5. The van der Waals surface area contributed by atoms with Crippen LogP contribution in [0.5, 0.6) is 0 Å². The summed E-state index contributed by atoms with van der Waals surface area (Å²) >= 11 is 7.08. The normalized spacial score (nSPS) is 13.5. The fraction of sp³-hybridized carbons (Fsp3) is 0.500. The van der Waals surface area contributed by atoms with E-state index in [0.29, 0.717) is 4.34 Å². The summed E-state index contributed by atoms with van der Waals surface area (Å²) in [7, 11) is 0. The molecule has 1 rings (SSSR count). The van der Waals surface area contributed by atoms with Crippen molar-refractivity contribution in [3.63, 3.8) is 0 Å². The number of rotatable bonds is 5. The topological polar surface area (TPSA) is 38.0 Å². The fourth-order valence-electron chi connectivity index (χ4n) is 1.05. The number of hydrogen-bond donors (Lipinski definition) is 2. The van der Waals surface area contributed by atoms with Crippen molar-refractivity contribution >= 4 is 22.9 Å². The highest BCUT2D eigenvalue weighted by atomic mass is 35.5. The molecule has 1 aromatic rings. The Morgan fingerprint density at radius 1 is 1.50 bits per heavy atom. The molecule has 2 nitrogen and oxygen atoms in total. The van der Waals surface area contributed by atoms with Crippen LogP contribution in [0.1, 0.15) is 10.9 Å². The number of alkyl halides is 2. The van der Waals surface area contributed by atoms with E-state index < -0.39 is 6.43 Å². The van der Waals surface area contributed by atoms with Crippen LogP contribution < -0.4 is 11.1 Å². The summed E-state index contributed by atoms with van der Waals surface area (Å²) in [6.07, 6.45) is -2.36. The molecule has 1 unspecified atom stereocenters. The lowest BCUT2D eigenvalue weighted by molar-refractivity contribution is 0.142. The van der Waals surface area contributed by atoms with Crippen LogP contribution in [0.3, 0.4) is 0 Å². The Hall–Kier alpha value is -0.230. The maximum absolute atomic E-state index is 11.9. The van der Waals surface area contributed by atoms with Crippen molar-refractivity contribution in [3.8, 4) is 0 Å². The monoisotopic (exact) mass is 240 g/mol. The molecule has 0 aliphatic heterocycles. The Kier molecular flexibility index (Phi) is 4.74. The van der Waals surface area contributed by atoms with Crippen LogP contribution in [0.25, 0.3) is 0 Å². The lowest BCUT2D eigenvalue weighted by Crippen LogP contribution is -2.31. The lowest BCUT2D eigenvalue weighted by Gasteiger charge is -2.14. The first-order valence-corrected chi connectivity index (χ1v) is 5.29. The summed E-state index contributed by atoms with van der Waals surface area (Å²) in [5.74, 6) is 0. The van der Waals surface area contributed by atoms with Gasteiger partial charge in [-0.15, -0.1) is 11.3 Å². The molecule has 0 aliphatic rings. The molecule has 0 saturated carbocycles. The van der Waals surface area contributed by atoms with Crippen LogP contribution >= 0.6 is 22.9 Å². The number of thiophene rings is 1. The van der Waals surface area contributed by atoms with Crippen LogP contribution in [0, 0.1) is 0 Å². The standard InChI is InChI=1S/C8H11ClF2N2S/c9-7-2-1-6(14-7)5(3-12)13-4-8(10)11/h1-2,5,8,13H,3-4,12H2. The van der Waals surface area contributed by atoms with E-state index in [0.717, 1.165) is 4.88 Å². The van der Waals surface area contributed by atoms with Crippen molar-refractivity contribution in [1.29, 1.82) is 0 Å². The van der Waals surface area contributed by atoms with Crippen LogP contribution in [0.2, 0.25) is 4.34 Å². The zero-order valence-corrected chi connectivity index (χ0v) is 8.92. The van der Waals surface area contributed by atoms with Gasteiger partial charge >= 0.3 is 0 Å². The lowest BCUT2D eigenvalue weighted by atomic mass is 10.2. The summed E-state index contributed by atoms with van der Waals surface area (Å²) in [4.78, 5) is 0.887. The van der Waals surface area contributed by atoms with E-state index in [1.54, 1.807) is 12.1 Å². The Labute approximate surface area is 90.1 Å². The number of halogens is 3. The first kappa shape index (κ1) is 11.8. The molecule has 3 N–H and O–H groups in total. The SMILES string of the molecule is NCC(NCC(F)F)c1ccc(Cl)s1. The highest BCUT2D eigenvalue weighted by Gasteiger charge is 2.13. The van der Waals surface area contributed by atoms with Gasteiger partial charge in [-0.2, -0.15) is 0 Å². The molecule has 0 fully saturated rings. The maximum atomic E-state index is 11.9. The van der Waals surface area contributed by atoms with Crippen molar-refractivity contribution in [3.05, 3.63) is 21.3 Å². The second-order valence-corrected chi connectivity index (χ2v) is 4.48. The minimum atomic E-state index is -2.36. The summed E-state index contributed by atoms with van der Waals surface area (Å²) in [6.45, 7) is -0.0685. The van der Waals surface area contributed by atoms with Gasteiger partial charge in [0, 0.05) is 11.4 Å². The minimum Gasteiger partial charge on any atom is -0.329 e. The molecule has 0 bridgehead atoms. The summed E-state index contributed by atoms with van der Waals surface area (Å²) in [5.41, 5.74) is 5.46. The Balaban J connectivity index is 2.54. The predicted molar refractivity (Wildman–Crippen MR) is 55.1 cm³/mol. The number of nitrogens with two attached hydrogens (primary N) is 1. The zero-order valence-electron chi connectivity index (χ0n) is 7.34. The van der Waals surface area contributed by atoms with E-state index in [9.17, 15) is 8.78 Å². The smallest absolute Gasteiger partial charge is 0.250 e. The molecule has 14 heavy (non-hydrogen) atoms. The Morgan fingerprint density at radius 3 is 2.64 bits per heavy atom. The zero-order chi connectivity index (χ0) is 10.6. The van der Waals surface area contributed by atoms with Gasteiger partial charge in [-0.25, -0.2) is 8.78 Å². The molecule has 0 radical (unpaired) electrons. The van der Waals surface area contributed by atoms with Crippen molar-refractivity contribution < 1.29 is 8.78 Å². The van der Waals surface area contributed by atoms with Gasteiger partial charge in [-0.3, -0.25) is 0 Å². The highest BCUT2D eigenvalue weighted by molar-refractivity contribution is 7.16. The largest absolute Gasteiger partial charge is 0.329 e. The third kappa shape index (κ3) is 3.49. The Morgan fingerprint density at radius 2 is 2.21 bits per heavy atom. The van der Waals surface area contributed by atoms with Crippen LogP contribution in [-0.4, -0.2) is 19.5 Å². The molecule has 0 saturated heterocycles. The van der Waals surface area contributed by atoms with Gasteiger partial charge < -0.3 is 11.1 Å². The third-order valence-corrected chi connectivity index (χ3v) is 3.04. The van der Waals surface area contributed by atoms with Gasteiger partial charge in [0.2, 0.25) is 0 Å². The van der Waals surface area contributed by atoms with Crippen molar-refractivity contribution in [2.45, 2.75) is 12.5 Å². The number of nitrogens with one attached hydrogen (secondary N) is 1. The molecule has 1 heterocycles. The quantitative estimate of drug-likeness (QED) is 0.829. The maximum Gasteiger partial charge on any atom is 0.250 e. The number of hydrogen-bond acceptors (Lipinski definition) is 3. The first-order chi connectivity index (χ1) is 6.63. The van der Waals surface area contributed by atoms with E-state index in [2.05, 4.69) is 5.32 Å². The highest BCUT2D eigenvalue weighted by Crippen LogP contribution is 2.26. The fourth-order valence-corrected chi connectivity index (χ4v) is 2.20. The van der Waals surface area contributed by atoms with Gasteiger partial charge in [-0.1, -0.05) is 11.6 Å². The molecule has 0 aromatic carbocycles. The second kappa shape index (κ2) is 5.60. The van der Waals surface area contributed by atoms with E-state index >= 15 is 0 Å². The van der Waals surface area contributed by atoms with E-state index in [4.69, 9.17) is 17.3 Å². The van der Waals surface area contributed by atoms with Crippen LogP contribution in [-0.2, 0) is 0 Å². The molecule has 1 aromatic heterocycles. The molecular formula is C8H11ClF2N2S. The molecule has 1 atom stereocenters. The van der Waals surface area contributed by atoms with Gasteiger partial charge in [0.15, 0.2) is 0 Å². The second-order valence-electron chi connectivity index (χ2n) is 2.73. The van der Waals surface area contributed by atoms with Crippen molar-refractivity contribution in [2.75, 3.05) is 13.1 Å². The average molecular weight is 241 g/mol. The molecule has 0 spiro atoms. The van der Waals surface area contributed by atoms with Crippen LogP contribution in [0.4, 0.5) is 8.78 Å². The van der Waals surface area contributed by atoms with Gasteiger partial charge in [0.25, 0.3) is 6.43 Å². The Bertz CT molecular complexity index is 280. The first-order valence-electron chi connectivity index (χ1n) is 4.10. The summed E-state index contributed by atoms with van der Waals surface area (Å²) in [6, 6.07) is 3.29. The molecular weight excluding hydrogens is 230 g/mol. The summed E-state index contributed by atoms with van der Waals surface area (Å²) in [5, 5.41) is 2.68. The molecule has 80 valence electrons. The van der Waals surface area contributed by atoms with Crippen molar-refractivity contribution in [1.82, 2.24) is 5.32 Å².